The van der Waals surface area contributed by atoms with Gasteiger partial charge in [0, 0.05) is 27.7 Å². The molecule has 0 spiro atoms. The maximum atomic E-state index is 14.0. The van der Waals surface area contributed by atoms with Crippen molar-refractivity contribution in [2.24, 2.45) is 0 Å². The van der Waals surface area contributed by atoms with Crippen molar-refractivity contribution in [2.75, 3.05) is 4.90 Å². The Morgan fingerprint density at radius 1 is 0.364 bits per heavy atom. The lowest BCUT2D eigenvalue weighted by molar-refractivity contribution is 0.628. The van der Waals surface area contributed by atoms with Gasteiger partial charge in [0.25, 0.3) is 0 Å². The molecule has 2 nitrogen and oxygen atoms in total. The van der Waals surface area contributed by atoms with Crippen LogP contribution in [-0.2, 0) is 0 Å². The van der Waals surface area contributed by atoms with Crippen molar-refractivity contribution in [3.8, 4) is 44.5 Å². The summed E-state index contributed by atoms with van der Waals surface area (Å²) in [5, 5.41) is 4.46. The van der Waals surface area contributed by atoms with Crippen LogP contribution < -0.4 is 4.90 Å². The zero-order chi connectivity index (χ0) is 36.7. The second kappa shape index (κ2) is 13.6. The van der Waals surface area contributed by atoms with Crippen LogP contribution in [0.1, 0.15) is 0 Å². The fourth-order valence-corrected chi connectivity index (χ4v) is 7.93. The molecule has 0 amide bonds. The van der Waals surface area contributed by atoms with Gasteiger partial charge >= 0.3 is 0 Å². The lowest BCUT2D eigenvalue weighted by Gasteiger charge is -2.28. The van der Waals surface area contributed by atoms with Crippen LogP contribution in [0.5, 0.6) is 0 Å². The summed E-state index contributed by atoms with van der Waals surface area (Å²) in [7, 11) is 0. The molecule has 0 bridgehead atoms. The molecule has 0 unspecified atom stereocenters. The van der Waals surface area contributed by atoms with E-state index in [-0.39, 0.29) is 5.82 Å². The molecule has 0 fully saturated rings. The summed E-state index contributed by atoms with van der Waals surface area (Å²) in [4.78, 5) is 2.36. The van der Waals surface area contributed by atoms with Gasteiger partial charge in [-0.25, -0.2) is 4.39 Å². The third-order valence-corrected chi connectivity index (χ3v) is 10.5. The monoisotopic (exact) mass is 707 g/mol. The first-order valence-corrected chi connectivity index (χ1v) is 18.5. The van der Waals surface area contributed by atoms with E-state index in [1.54, 1.807) is 0 Å². The zero-order valence-corrected chi connectivity index (χ0v) is 29.9. The number of rotatable bonds is 7. The fourth-order valence-electron chi connectivity index (χ4n) is 7.93. The Hall–Kier alpha value is -7.23. The third-order valence-electron chi connectivity index (χ3n) is 10.5. The van der Waals surface area contributed by atoms with Crippen molar-refractivity contribution in [1.82, 2.24) is 0 Å². The van der Waals surface area contributed by atoms with Crippen molar-refractivity contribution < 1.29 is 8.81 Å². The van der Waals surface area contributed by atoms with Crippen LogP contribution in [0.2, 0.25) is 0 Å². The van der Waals surface area contributed by atoms with E-state index in [1.165, 1.54) is 17.7 Å². The lowest BCUT2D eigenvalue weighted by atomic mass is 9.91. The number of hydrogen-bond donors (Lipinski definition) is 0. The number of nitrogens with zero attached hydrogens (tertiary/aromatic N) is 1. The van der Waals surface area contributed by atoms with Crippen molar-refractivity contribution in [2.45, 2.75) is 0 Å². The molecule has 0 saturated heterocycles. The Labute approximate surface area is 319 Å². The Bertz CT molecular complexity index is 2980. The number of furan rings is 1. The first kappa shape index (κ1) is 32.4. The number of hydrogen-bond acceptors (Lipinski definition) is 2. The lowest BCUT2D eigenvalue weighted by Crippen LogP contribution is -2.11. The highest BCUT2D eigenvalue weighted by Crippen LogP contribution is 2.44. The van der Waals surface area contributed by atoms with Gasteiger partial charge in [-0.15, -0.1) is 0 Å². The molecule has 0 N–H and O–H groups in total. The predicted molar refractivity (Wildman–Crippen MR) is 228 cm³/mol. The van der Waals surface area contributed by atoms with Gasteiger partial charge in [-0.1, -0.05) is 146 Å². The van der Waals surface area contributed by atoms with Gasteiger partial charge in [-0.3, -0.25) is 0 Å². The standard InChI is InChI=1S/C52H34FNO/c53-41-28-23-37(24-29-41)45-19-9-13-38-14-10-20-46(52(38)45)39-15-8-16-43(33-39)54(42-30-25-36(26-31-42)35-11-2-1-3-12-35)49-21-6-4-17-44(49)40-27-32-51-48(34-40)47-18-5-7-22-50(47)55-51/h1-34H. The van der Waals surface area contributed by atoms with Gasteiger partial charge in [0.15, 0.2) is 0 Å². The Morgan fingerprint density at radius 2 is 0.945 bits per heavy atom. The van der Waals surface area contributed by atoms with Crippen molar-refractivity contribution >= 4 is 49.8 Å². The first-order valence-electron chi connectivity index (χ1n) is 18.5. The number of fused-ring (bicyclic) bond motifs is 4. The Balaban J connectivity index is 1.16. The molecule has 3 heteroatoms. The molecular formula is C52H34FNO. The van der Waals surface area contributed by atoms with E-state index in [0.29, 0.717) is 0 Å². The van der Waals surface area contributed by atoms with Gasteiger partial charge in [-0.2, -0.15) is 0 Å². The van der Waals surface area contributed by atoms with E-state index < -0.39 is 0 Å². The minimum atomic E-state index is -0.243. The van der Waals surface area contributed by atoms with Gasteiger partial charge in [0.05, 0.1) is 5.69 Å². The molecule has 9 aromatic carbocycles. The molecule has 0 saturated carbocycles. The summed E-state index contributed by atoms with van der Waals surface area (Å²) < 4.78 is 20.2. The molecule has 0 aliphatic heterocycles. The second-order valence-electron chi connectivity index (χ2n) is 13.8. The van der Waals surface area contributed by atoms with Crippen molar-refractivity contribution in [3.05, 3.63) is 212 Å². The van der Waals surface area contributed by atoms with Crippen LogP contribution >= 0.6 is 0 Å². The first-order chi connectivity index (χ1) is 27.2. The maximum absolute atomic E-state index is 14.0. The van der Waals surface area contributed by atoms with E-state index in [2.05, 4.69) is 169 Å². The molecule has 1 heterocycles. The average Bonchev–Trinajstić information content (AvgIpc) is 3.63. The number of para-hydroxylation sites is 2. The van der Waals surface area contributed by atoms with Gasteiger partial charge in [0.1, 0.15) is 17.0 Å². The Kier molecular flexibility index (Phi) is 8.04. The van der Waals surface area contributed by atoms with Gasteiger partial charge in [0.2, 0.25) is 0 Å². The molecule has 55 heavy (non-hydrogen) atoms. The average molecular weight is 708 g/mol. The van der Waals surface area contributed by atoms with Crippen LogP contribution in [0.4, 0.5) is 21.5 Å². The minimum Gasteiger partial charge on any atom is -0.456 e. The van der Waals surface area contributed by atoms with Gasteiger partial charge < -0.3 is 9.32 Å². The zero-order valence-electron chi connectivity index (χ0n) is 29.9. The van der Waals surface area contributed by atoms with Crippen LogP contribution in [0, 0.1) is 5.82 Å². The van der Waals surface area contributed by atoms with E-state index >= 15 is 0 Å². The van der Waals surface area contributed by atoms with Gasteiger partial charge in [-0.05, 0) is 110 Å². The number of anilines is 3. The highest BCUT2D eigenvalue weighted by Gasteiger charge is 2.20. The summed E-state index contributed by atoms with van der Waals surface area (Å²) in [5.41, 5.74) is 13.7. The number of halogens is 1. The van der Waals surface area contributed by atoms with Crippen LogP contribution in [0.25, 0.3) is 77.2 Å². The molecule has 260 valence electrons. The fraction of sp³-hybridized carbons (Fsp3) is 0. The normalized spacial score (nSPS) is 11.4. The SMILES string of the molecule is Fc1ccc(-c2cccc3cccc(-c4cccc(N(c5ccc(-c6ccccc6)cc5)c5ccccc5-c5ccc6oc7ccccc7c6c5)c4)c23)cc1. The molecule has 10 rings (SSSR count). The summed E-state index contributed by atoms with van der Waals surface area (Å²) in [6.07, 6.45) is 0. The highest BCUT2D eigenvalue weighted by atomic mass is 19.1. The van der Waals surface area contributed by atoms with E-state index in [4.69, 9.17) is 4.42 Å². The smallest absolute Gasteiger partial charge is 0.135 e. The largest absolute Gasteiger partial charge is 0.456 e. The third kappa shape index (κ3) is 5.93. The van der Waals surface area contributed by atoms with E-state index in [9.17, 15) is 4.39 Å². The molecule has 10 aromatic rings. The Morgan fingerprint density at radius 3 is 1.76 bits per heavy atom. The molecular weight excluding hydrogens is 674 g/mol. The van der Waals surface area contributed by atoms with Crippen molar-refractivity contribution in [3.63, 3.8) is 0 Å². The highest BCUT2D eigenvalue weighted by molar-refractivity contribution is 6.08. The predicted octanol–water partition coefficient (Wildman–Crippen LogP) is 15.0. The number of benzene rings is 9. The topological polar surface area (TPSA) is 16.4 Å². The summed E-state index contributed by atoms with van der Waals surface area (Å²) in [6.45, 7) is 0. The van der Waals surface area contributed by atoms with Crippen LogP contribution in [0.3, 0.4) is 0 Å². The van der Waals surface area contributed by atoms with E-state index in [0.717, 1.165) is 88.7 Å². The molecule has 0 aliphatic carbocycles. The quantitative estimate of drug-likeness (QED) is 0.164. The molecule has 0 atom stereocenters. The summed E-state index contributed by atoms with van der Waals surface area (Å²) in [6, 6.07) is 71.0. The van der Waals surface area contributed by atoms with Crippen LogP contribution in [0.15, 0.2) is 211 Å². The summed E-state index contributed by atoms with van der Waals surface area (Å²) in [5.74, 6) is -0.243. The molecule has 0 aliphatic rings. The second-order valence-corrected chi connectivity index (χ2v) is 13.8. The summed E-state index contributed by atoms with van der Waals surface area (Å²) >= 11 is 0. The molecule has 1 aromatic heterocycles. The van der Waals surface area contributed by atoms with E-state index in [1.807, 2.05) is 30.3 Å². The maximum Gasteiger partial charge on any atom is 0.135 e. The van der Waals surface area contributed by atoms with Crippen molar-refractivity contribution in [1.29, 1.82) is 0 Å². The molecule has 0 radical (unpaired) electrons. The van der Waals surface area contributed by atoms with Crippen LogP contribution in [-0.4, -0.2) is 0 Å². The minimum absolute atomic E-state index is 0.243.